The Balaban J connectivity index is 2.58. The number of aliphatic hydroxyl groups excluding tert-OH is 1. The summed E-state index contributed by atoms with van der Waals surface area (Å²) in [6.07, 6.45) is 6.60. The van der Waals surface area contributed by atoms with Crippen molar-refractivity contribution in [1.29, 1.82) is 0 Å². The summed E-state index contributed by atoms with van der Waals surface area (Å²) < 4.78 is 11.6. The largest absolute Gasteiger partial charge is 0.392 e. The number of hydrogen-bond acceptors (Lipinski definition) is 3. The van der Waals surface area contributed by atoms with E-state index >= 15 is 0 Å². The van der Waals surface area contributed by atoms with E-state index < -0.39 is 11.9 Å². The van der Waals surface area contributed by atoms with Gasteiger partial charge in [0.15, 0.2) is 5.79 Å². The maximum absolute atomic E-state index is 10.1. The van der Waals surface area contributed by atoms with Crippen LogP contribution in [0.15, 0.2) is 12.7 Å². The first kappa shape index (κ1) is 15.7. The molecular formula is C15H28O3. The second kappa shape index (κ2) is 7.27. The first-order chi connectivity index (χ1) is 8.50. The number of ether oxygens (including phenoxy) is 2. The molecule has 0 aliphatic carbocycles. The zero-order chi connectivity index (χ0) is 13.6. The molecule has 1 aliphatic heterocycles. The smallest absolute Gasteiger partial charge is 0.163 e. The number of unbranched alkanes of at least 4 members (excludes halogenated alkanes) is 2. The average molecular weight is 256 g/mol. The molecule has 0 aromatic heterocycles. The van der Waals surface area contributed by atoms with Crippen LogP contribution in [0.3, 0.4) is 0 Å². The van der Waals surface area contributed by atoms with Crippen LogP contribution in [-0.4, -0.2) is 29.7 Å². The topological polar surface area (TPSA) is 38.7 Å². The van der Waals surface area contributed by atoms with Crippen LogP contribution in [0.4, 0.5) is 0 Å². The Morgan fingerprint density at radius 1 is 1.44 bits per heavy atom. The lowest BCUT2D eigenvalue weighted by molar-refractivity contribution is -0.303. The van der Waals surface area contributed by atoms with Gasteiger partial charge in [0.1, 0.15) is 0 Å². The van der Waals surface area contributed by atoms with Gasteiger partial charge in [-0.15, -0.1) is 6.58 Å². The molecule has 1 N–H and O–H groups in total. The predicted octanol–water partition coefficient (Wildman–Crippen LogP) is 3.27. The van der Waals surface area contributed by atoms with E-state index in [0.29, 0.717) is 13.0 Å². The first-order valence-electron chi connectivity index (χ1n) is 7.11. The molecule has 3 atom stereocenters. The molecule has 3 nitrogen and oxygen atoms in total. The Labute approximate surface area is 111 Å². The molecule has 18 heavy (non-hydrogen) atoms. The lowest BCUT2D eigenvalue weighted by Gasteiger charge is -2.42. The average Bonchev–Trinajstić information content (AvgIpc) is 2.28. The molecule has 0 radical (unpaired) electrons. The SMILES string of the molecule is C=CC[C@H](O)[C@@H]1COC(C)(C)O[C@@H]1CCCCC. The highest BCUT2D eigenvalue weighted by Crippen LogP contribution is 2.32. The van der Waals surface area contributed by atoms with E-state index in [0.717, 1.165) is 12.8 Å². The second-order valence-corrected chi connectivity index (χ2v) is 5.62. The highest BCUT2D eigenvalue weighted by Gasteiger charge is 2.39. The fourth-order valence-corrected chi connectivity index (χ4v) is 2.46. The predicted molar refractivity (Wildman–Crippen MR) is 73.4 cm³/mol. The van der Waals surface area contributed by atoms with Crippen LogP contribution in [0.2, 0.25) is 0 Å². The summed E-state index contributed by atoms with van der Waals surface area (Å²) in [5.74, 6) is -0.464. The Hall–Kier alpha value is -0.380. The van der Waals surface area contributed by atoms with Gasteiger partial charge in [0, 0.05) is 5.92 Å². The van der Waals surface area contributed by atoms with Crippen LogP contribution in [0, 0.1) is 5.92 Å². The van der Waals surface area contributed by atoms with E-state index in [-0.39, 0.29) is 12.0 Å². The van der Waals surface area contributed by atoms with Crippen molar-refractivity contribution in [2.45, 2.75) is 70.9 Å². The molecule has 3 heteroatoms. The second-order valence-electron chi connectivity index (χ2n) is 5.62. The van der Waals surface area contributed by atoms with Gasteiger partial charge >= 0.3 is 0 Å². The monoisotopic (exact) mass is 256 g/mol. The third-order valence-corrected chi connectivity index (χ3v) is 3.53. The minimum atomic E-state index is -0.527. The Morgan fingerprint density at radius 2 is 2.17 bits per heavy atom. The van der Waals surface area contributed by atoms with Gasteiger partial charge in [0.2, 0.25) is 0 Å². The van der Waals surface area contributed by atoms with Crippen molar-refractivity contribution >= 4 is 0 Å². The molecule has 0 unspecified atom stereocenters. The summed E-state index contributed by atoms with van der Waals surface area (Å²) in [5, 5.41) is 10.1. The molecule has 1 saturated heterocycles. The van der Waals surface area contributed by atoms with Gasteiger partial charge in [-0.3, -0.25) is 0 Å². The molecule has 0 saturated carbocycles. The molecule has 1 heterocycles. The van der Waals surface area contributed by atoms with E-state index in [2.05, 4.69) is 13.5 Å². The molecule has 0 aromatic rings. The van der Waals surface area contributed by atoms with Crippen molar-refractivity contribution < 1.29 is 14.6 Å². The van der Waals surface area contributed by atoms with Crippen LogP contribution in [0.1, 0.15) is 52.9 Å². The first-order valence-corrected chi connectivity index (χ1v) is 7.11. The lowest BCUT2D eigenvalue weighted by Crippen LogP contribution is -2.49. The molecule has 0 spiro atoms. The van der Waals surface area contributed by atoms with E-state index in [1.165, 1.54) is 12.8 Å². The highest BCUT2D eigenvalue weighted by molar-refractivity contribution is 4.86. The van der Waals surface area contributed by atoms with Crippen LogP contribution >= 0.6 is 0 Å². The van der Waals surface area contributed by atoms with E-state index in [1.54, 1.807) is 6.08 Å². The fourth-order valence-electron chi connectivity index (χ4n) is 2.46. The normalized spacial score (nSPS) is 28.9. The molecule has 1 aliphatic rings. The van der Waals surface area contributed by atoms with Crippen molar-refractivity contribution in [3.63, 3.8) is 0 Å². The van der Waals surface area contributed by atoms with E-state index in [9.17, 15) is 5.11 Å². The highest BCUT2D eigenvalue weighted by atomic mass is 16.7. The minimum absolute atomic E-state index is 0.0629. The third-order valence-electron chi connectivity index (χ3n) is 3.53. The number of aliphatic hydroxyl groups is 1. The standard InChI is InChI=1S/C15H28O3/c1-5-7-8-10-14-12(13(16)9-6-2)11-17-15(3,4)18-14/h6,12-14,16H,2,5,7-11H2,1,3-4H3/t12-,13-,14+/m0/s1. The summed E-state index contributed by atoms with van der Waals surface area (Å²) in [7, 11) is 0. The van der Waals surface area contributed by atoms with Crippen molar-refractivity contribution in [2.75, 3.05) is 6.61 Å². The summed E-state index contributed by atoms with van der Waals surface area (Å²) in [5.41, 5.74) is 0. The van der Waals surface area contributed by atoms with Crippen LogP contribution in [0.5, 0.6) is 0 Å². The quantitative estimate of drug-likeness (QED) is 0.561. The van der Waals surface area contributed by atoms with Gasteiger partial charge in [0.25, 0.3) is 0 Å². The molecule has 1 rings (SSSR count). The fraction of sp³-hybridized carbons (Fsp3) is 0.867. The Morgan fingerprint density at radius 3 is 2.78 bits per heavy atom. The van der Waals surface area contributed by atoms with Crippen molar-refractivity contribution in [2.24, 2.45) is 5.92 Å². The summed E-state index contributed by atoms with van der Waals surface area (Å²) >= 11 is 0. The van der Waals surface area contributed by atoms with Gasteiger partial charge < -0.3 is 14.6 Å². The van der Waals surface area contributed by atoms with E-state index in [1.807, 2.05) is 13.8 Å². The summed E-state index contributed by atoms with van der Waals surface area (Å²) in [6.45, 7) is 10.3. The van der Waals surface area contributed by atoms with Crippen LogP contribution in [-0.2, 0) is 9.47 Å². The van der Waals surface area contributed by atoms with Crippen LogP contribution in [0.25, 0.3) is 0 Å². The summed E-state index contributed by atoms with van der Waals surface area (Å²) in [4.78, 5) is 0. The van der Waals surface area contributed by atoms with Crippen molar-refractivity contribution in [3.05, 3.63) is 12.7 Å². The molecule has 0 bridgehead atoms. The third kappa shape index (κ3) is 4.71. The van der Waals surface area contributed by atoms with Gasteiger partial charge in [-0.2, -0.15) is 0 Å². The maximum atomic E-state index is 10.1. The van der Waals surface area contributed by atoms with Gasteiger partial charge in [-0.1, -0.05) is 32.3 Å². The Bertz CT molecular complexity index is 250. The van der Waals surface area contributed by atoms with Crippen molar-refractivity contribution in [3.8, 4) is 0 Å². The zero-order valence-corrected chi connectivity index (χ0v) is 12.0. The number of hydrogen-bond donors (Lipinski definition) is 1. The molecule has 1 fully saturated rings. The molecule has 0 aromatic carbocycles. The number of rotatable bonds is 7. The summed E-state index contributed by atoms with van der Waals surface area (Å²) in [6, 6.07) is 0. The van der Waals surface area contributed by atoms with Gasteiger partial charge in [-0.25, -0.2) is 0 Å². The molecule has 0 amide bonds. The maximum Gasteiger partial charge on any atom is 0.163 e. The van der Waals surface area contributed by atoms with Crippen molar-refractivity contribution in [1.82, 2.24) is 0 Å². The van der Waals surface area contributed by atoms with E-state index in [4.69, 9.17) is 9.47 Å². The lowest BCUT2D eigenvalue weighted by atomic mass is 9.89. The zero-order valence-electron chi connectivity index (χ0n) is 12.0. The molecular weight excluding hydrogens is 228 g/mol. The van der Waals surface area contributed by atoms with Gasteiger partial charge in [-0.05, 0) is 26.7 Å². The molecule has 106 valence electrons. The van der Waals surface area contributed by atoms with Gasteiger partial charge in [0.05, 0.1) is 18.8 Å². The minimum Gasteiger partial charge on any atom is -0.392 e. The Kier molecular flexibility index (Phi) is 6.33. The van der Waals surface area contributed by atoms with Crippen LogP contribution < -0.4 is 0 Å².